The summed E-state index contributed by atoms with van der Waals surface area (Å²) in [6, 6.07) is 5.01. The zero-order valence-corrected chi connectivity index (χ0v) is 14.4. The molecule has 1 fully saturated rings. The van der Waals surface area contributed by atoms with E-state index in [2.05, 4.69) is 0 Å². The van der Waals surface area contributed by atoms with E-state index < -0.39 is 21.7 Å². The highest BCUT2D eigenvalue weighted by atomic mass is 32.2. The van der Waals surface area contributed by atoms with E-state index in [0.717, 1.165) is 11.1 Å². The summed E-state index contributed by atoms with van der Waals surface area (Å²) >= 11 is 0. The number of carbonyl (C=O) groups excluding carboxylic acids is 2. The summed E-state index contributed by atoms with van der Waals surface area (Å²) in [5.74, 6) is -0.883. The summed E-state index contributed by atoms with van der Waals surface area (Å²) in [6.45, 7) is 3.34. The van der Waals surface area contributed by atoms with Crippen LogP contribution in [-0.4, -0.2) is 56.4 Å². The Morgan fingerprint density at radius 2 is 2.00 bits per heavy atom. The van der Waals surface area contributed by atoms with Crippen LogP contribution in [0.5, 0.6) is 0 Å². The van der Waals surface area contributed by atoms with Crippen molar-refractivity contribution in [3.8, 4) is 0 Å². The number of esters is 1. The molecule has 1 aliphatic heterocycles. The molecule has 0 N–H and O–H groups in total. The van der Waals surface area contributed by atoms with E-state index in [4.69, 9.17) is 4.74 Å². The highest BCUT2D eigenvalue weighted by Gasteiger charge is 2.32. The van der Waals surface area contributed by atoms with Gasteiger partial charge in [-0.1, -0.05) is 17.7 Å². The molecule has 0 aliphatic carbocycles. The molecule has 1 saturated heterocycles. The zero-order chi connectivity index (χ0) is 17.2. The molecule has 1 atom stereocenters. The minimum Gasteiger partial charge on any atom is -0.452 e. The molecule has 1 aromatic carbocycles. The molecule has 23 heavy (non-hydrogen) atoms. The van der Waals surface area contributed by atoms with Crippen molar-refractivity contribution in [1.29, 1.82) is 0 Å². The normalized spacial score (nSPS) is 19.3. The van der Waals surface area contributed by atoms with Crippen molar-refractivity contribution in [2.45, 2.75) is 26.3 Å². The van der Waals surface area contributed by atoms with Gasteiger partial charge in [0.1, 0.15) is 0 Å². The Hall–Kier alpha value is -1.89. The van der Waals surface area contributed by atoms with Crippen LogP contribution in [0.1, 0.15) is 27.9 Å². The lowest BCUT2D eigenvalue weighted by molar-refractivity contribution is -0.134. The second kappa shape index (κ2) is 6.70. The largest absolute Gasteiger partial charge is 0.452 e. The molecule has 1 amide bonds. The molecular formula is C16H21NO5S. The van der Waals surface area contributed by atoms with Crippen LogP contribution in [0.3, 0.4) is 0 Å². The molecule has 7 heteroatoms. The smallest absolute Gasteiger partial charge is 0.338 e. The van der Waals surface area contributed by atoms with Crippen molar-refractivity contribution >= 4 is 21.7 Å². The molecule has 126 valence electrons. The third-order valence-electron chi connectivity index (χ3n) is 4.08. The number of amides is 1. The highest BCUT2D eigenvalue weighted by molar-refractivity contribution is 7.91. The van der Waals surface area contributed by atoms with Gasteiger partial charge < -0.3 is 9.64 Å². The topological polar surface area (TPSA) is 80.8 Å². The average Bonchev–Trinajstić information content (AvgIpc) is 2.83. The molecule has 0 spiro atoms. The van der Waals surface area contributed by atoms with E-state index in [1.165, 1.54) is 4.90 Å². The van der Waals surface area contributed by atoms with Crippen LogP contribution in [0.2, 0.25) is 0 Å². The van der Waals surface area contributed by atoms with Crippen LogP contribution < -0.4 is 0 Å². The zero-order valence-electron chi connectivity index (χ0n) is 13.5. The molecule has 0 unspecified atom stereocenters. The lowest BCUT2D eigenvalue weighted by Gasteiger charge is -2.23. The first-order chi connectivity index (χ1) is 10.7. The maximum Gasteiger partial charge on any atom is 0.338 e. The molecule has 0 aromatic heterocycles. The van der Waals surface area contributed by atoms with E-state index in [1.807, 2.05) is 13.0 Å². The van der Waals surface area contributed by atoms with Gasteiger partial charge in [0, 0.05) is 13.1 Å². The van der Waals surface area contributed by atoms with E-state index >= 15 is 0 Å². The van der Waals surface area contributed by atoms with Crippen molar-refractivity contribution in [2.75, 3.05) is 25.2 Å². The minimum atomic E-state index is -3.06. The number of hydrogen-bond acceptors (Lipinski definition) is 5. The van der Waals surface area contributed by atoms with Crippen LogP contribution >= 0.6 is 0 Å². The third-order valence-corrected chi connectivity index (χ3v) is 5.83. The number of hydrogen-bond donors (Lipinski definition) is 0. The first-order valence-electron chi connectivity index (χ1n) is 7.40. The molecule has 2 rings (SSSR count). The van der Waals surface area contributed by atoms with E-state index in [-0.39, 0.29) is 24.2 Å². The van der Waals surface area contributed by atoms with Gasteiger partial charge in [-0.05, 0) is 31.9 Å². The van der Waals surface area contributed by atoms with Gasteiger partial charge >= 0.3 is 5.97 Å². The molecule has 0 bridgehead atoms. The summed E-state index contributed by atoms with van der Waals surface area (Å²) in [6.07, 6.45) is 0.426. The number of sulfone groups is 1. The monoisotopic (exact) mass is 339 g/mol. The second-order valence-electron chi connectivity index (χ2n) is 5.96. The number of ether oxygens (including phenoxy) is 1. The van der Waals surface area contributed by atoms with Gasteiger partial charge in [0.15, 0.2) is 16.4 Å². The lowest BCUT2D eigenvalue weighted by atomic mass is 10.1. The third kappa shape index (κ3) is 4.31. The molecule has 1 heterocycles. The summed E-state index contributed by atoms with van der Waals surface area (Å²) in [4.78, 5) is 25.5. The molecule has 1 aromatic rings. The molecular weight excluding hydrogens is 318 g/mol. The van der Waals surface area contributed by atoms with Gasteiger partial charge in [0.05, 0.1) is 17.1 Å². The molecule has 0 radical (unpaired) electrons. The van der Waals surface area contributed by atoms with Crippen molar-refractivity contribution in [2.24, 2.45) is 0 Å². The summed E-state index contributed by atoms with van der Waals surface area (Å²) in [5.41, 5.74) is 2.25. The van der Waals surface area contributed by atoms with Gasteiger partial charge in [0.25, 0.3) is 5.91 Å². The van der Waals surface area contributed by atoms with Crippen LogP contribution in [0.25, 0.3) is 0 Å². The quantitative estimate of drug-likeness (QED) is 0.768. The van der Waals surface area contributed by atoms with Crippen molar-refractivity contribution < 1.29 is 22.7 Å². The van der Waals surface area contributed by atoms with Gasteiger partial charge in [-0.2, -0.15) is 0 Å². The molecule has 0 saturated carbocycles. The van der Waals surface area contributed by atoms with Crippen LogP contribution in [0.15, 0.2) is 18.2 Å². The summed E-state index contributed by atoms with van der Waals surface area (Å²) < 4.78 is 28.0. The van der Waals surface area contributed by atoms with Crippen molar-refractivity contribution in [3.63, 3.8) is 0 Å². The maximum absolute atomic E-state index is 12.1. The predicted molar refractivity (Wildman–Crippen MR) is 86.0 cm³/mol. The second-order valence-corrected chi connectivity index (χ2v) is 8.18. The fourth-order valence-corrected chi connectivity index (χ4v) is 4.41. The fourth-order valence-electron chi connectivity index (χ4n) is 2.63. The first-order valence-corrected chi connectivity index (χ1v) is 9.22. The highest BCUT2D eigenvalue weighted by Crippen LogP contribution is 2.17. The maximum atomic E-state index is 12.1. The average molecular weight is 339 g/mol. The van der Waals surface area contributed by atoms with Crippen LogP contribution in [0.4, 0.5) is 0 Å². The predicted octanol–water partition coefficient (Wildman–Crippen LogP) is 1.11. The Morgan fingerprint density at radius 3 is 2.57 bits per heavy atom. The van der Waals surface area contributed by atoms with E-state index in [0.29, 0.717) is 12.0 Å². The van der Waals surface area contributed by atoms with Gasteiger partial charge in [0.2, 0.25) is 0 Å². The Balaban J connectivity index is 1.92. The van der Waals surface area contributed by atoms with Crippen molar-refractivity contribution in [3.05, 3.63) is 34.9 Å². The van der Waals surface area contributed by atoms with E-state index in [1.54, 1.807) is 26.1 Å². The van der Waals surface area contributed by atoms with Crippen LogP contribution in [-0.2, 0) is 19.4 Å². The van der Waals surface area contributed by atoms with Crippen LogP contribution in [0, 0.1) is 13.8 Å². The Morgan fingerprint density at radius 1 is 1.30 bits per heavy atom. The van der Waals surface area contributed by atoms with Gasteiger partial charge in [-0.15, -0.1) is 0 Å². The molecule has 1 aliphatic rings. The number of benzene rings is 1. The molecule has 6 nitrogen and oxygen atoms in total. The fraction of sp³-hybridized carbons (Fsp3) is 0.500. The number of aryl methyl sites for hydroxylation is 2. The first kappa shape index (κ1) is 17.5. The van der Waals surface area contributed by atoms with Gasteiger partial charge in [-0.25, -0.2) is 13.2 Å². The van der Waals surface area contributed by atoms with E-state index in [9.17, 15) is 18.0 Å². The number of carbonyl (C=O) groups is 2. The Bertz CT molecular complexity index is 726. The van der Waals surface area contributed by atoms with Gasteiger partial charge in [-0.3, -0.25) is 4.79 Å². The number of rotatable bonds is 4. The van der Waals surface area contributed by atoms with Crippen molar-refractivity contribution in [1.82, 2.24) is 4.90 Å². The lowest BCUT2D eigenvalue weighted by Crippen LogP contribution is -2.40. The Kier molecular flexibility index (Phi) is 5.09. The standard InChI is InChI=1S/C16H21NO5S/c1-11-4-5-14(12(2)8-11)16(19)22-9-15(18)17(3)13-6-7-23(20,21)10-13/h4-5,8,13H,6-7,9-10H2,1-3H3/t13-/m1/s1. The Labute approximate surface area is 136 Å². The number of likely N-dealkylation sites (N-methyl/N-ethyl adjacent to an activating group) is 1. The summed E-state index contributed by atoms with van der Waals surface area (Å²) in [7, 11) is -1.52. The minimum absolute atomic E-state index is 0.0275. The number of nitrogens with zero attached hydrogens (tertiary/aromatic N) is 1. The SMILES string of the molecule is Cc1ccc(C(=O)OCC(=O)N(C)[C@@H]2CCS(=O)(=O)C2)c(C)c1. The summed E-state index contributed by atoms with van der Waals surface area (Å²) in [5, 5.41) is 0.